The van der Waals surface area contributed by atoms with Gasteiger partial charge in [-0.25, -0.2) is 0 Å². The topological polar surface area (TPSA) is 55.1 Å². The number of nitrogens with one attached hydrogen (secondary N) is 1. The third kappa shape index (κ3) is 2.40. The van der Waals surface area contributed by atoms with Crippen molar-refractivity contribution in [3.8, 4) is 0 Å². The molecular weight excluding hydrogens is 200 g/mol. The van der Waals surface area contributed by atoms with E-state index in [4.69, 9.17) is 5.73 Å². The van der Waals surface area contributed by atoms with Crippen molar-refractivity contribution in [1.29, 1.82) is 0 Å². The summed E-state index contributed by atoms with van der Waals surface area (Å²) in [5.41, 5.74) is 5.79. The van der Waals surface area contributed by atoms with Gasteiger partial charge in [0.1, 0.15) is 0 Å². The lowest BCUT2D eigenvalue weighted by Crippen LogP contribution is -2.42. The summed E-state index contributed by atoms with van der Waals surface area (Å²) in [6.07, 6.45) is 8.45. The Kier molecular flexibility index (Phi) is 3.24. The molecule has 0 aromatic rings. The van der Waals surface area contributed by atoms with Crippen LogP contribution in [0.3, 0.4) is 0 Å². The Morgan fingerprint density at radius 1 is 1.19 bits per heavy atom. The molecule has 2 saturated carbocycles. The summed E-state index contributed by atoms with van der Waals surface area (Å²) in [5, 5.41) is 3.13. The minimum atomic E-state index is -0.189. The quantitative estimate of drug-likeness (QED) is 0.765. The molecule has 16 heavy (non-hydrogen) atoms. The van der Waals surface area contributed by atoms with Crippen molar-refractivity contribution in [3.63, 3.8) is 0 Å². The van der Waals surface area contributed by atoms with E-state index >= 15 is 0 Å². The van der Waals surface area contributed by atoms with Gasteiger partial charge < -0.3 is 11.1 Å². The molecular formula is C13H24N2O. The van der Waals surface area contributed by atoms with E-state index in [1.54, 1.807) is 0 Å². The van der Waals surface area contributed by atoms with Gasteiger partial charge in [-0.15, -0.1) is 0 Å². The average Bonchev–Trinajstić information content (AvgIpc) is 3.08. The lowest BCUT2D eigenvalue weighted by molar-refractivity contribution is -0.126. The molecule has 2 fully saturated rings. The van der Waals surface area contributed by atoms with Crippen molar-refractivity contribution in [2.75, 3.05) is 13.1 Å². The molecule has 0 unspecified atom stereocenters. The third-order valence-electron chi connectivity index (χ3n) is 4.46. The first-order valence-electron chi connectivity index (χ1n) is 6.59. The summed E-state index contributed by atoms with van der Waals surface area (Å²) in [6.45, 7) is 3.65. The zero-order chi connectivity index (χ0) is 11.6. The number of nitrogens with two attached hydrogens (primary N) is 1. The van der Waals surface area contributed by atoms with E-state index in [2.05, 4.69) is 12.2 Å². The van der Waals surface area contributed by atoms with E-state index < -0.39 is 0 Å². The number of carbonyl (C=O) groups excluding carboxylic acids is 1. The summed E-state index contributed by atoms with van der Waals surface area (Å²) < 4.78 is 0. The highest BCUT2D eigenvalue weighted by atomic mass is 16.2. The Hall–Kier alpha value is -0.570. The molecule has 0 atom stereocenters. The second kappa shape index (κ2) is 4.36. The maximum Gasteiger partial charge on any atom is 0.227 e. The Morgan fingerprint density at radius 3 is 2.31 bits per heavy atom. The molecule has 0 aliphatic heterocycles. The fourth-order valence-corrected chi connectivity index (χ4v) is 2.74. The highest BCUT2D eigenvalue weighted by molar-refractivity contribution is 5.85. The van der Waals surface area contributed by atoms with Crippen LogP contribution < -0.4 is 11.1 Å². The SMILES string of the molecule is CC1(CNC(=O)C2(CN)CC2)CCCCC1. The van der Waals surface area contributed by atoms with Crippen molar-refractivity contribution < 1.29 is 4.79 Å². The van der Waals surface area contributed by atoms with Crippen LogP contribution in [-0.2, 0) is 4.79 Å². The Labute approximate surface area is 98.2 Å². The first-order chi connectivity index (χ1) is 7.60. The lowest BCUT2D eigenvalue weighted by atomic mass is 9.75. The molecule has 0 aromatic heterocycles. The third-order valence-corrected chi connectivity index (χ3v) is 4.46. The second-order valence-electron chi connectivity index (χ2n) is 6.04. The van der Waals surface area contributed by atoms with Crippen LogP contribution in [0.4, 0.5) is 0 Å². The van der Waals surface area contributed by atoms with E-state index in [0.29, 0.717) is 12.0 Å². The number of rotatable bonds is 4. The van der Waals surface area contributed by atoms with Crippen LogP contribution in [-0.4, -0.2) is 19.0 Å². The van der Waals surface area contributed by atoms with Crippen LogP contribution in [0.2, 0.25) is 0 Å². The standard InChI is InChI=1S/C13H24N2O/c1-12(5-3-2-4-6-12)10-15-11(16)13(9-14)7-8-13/h2-10,14H2,1H3,(H,15,16). The van der Waals surface area contributed by atoms with Gasteiger partial charge in [0.2, 0.25) is 5.91 Å². The normalized spacial score (nSPS) is 26.1. The van der Waals surface area contributed by atoms with Crippen molar-refractivity contribution in [1.82, 2.24) is 5.32 Å². The van der Waals surface area contributed by atoms with Crippen LogP contribution in [0.15, 0.2) is 0 Å². The molecule has 3 heteroatoms. The summed E-state index contributed by atoms with van der Waals surface area (Å²) in [7, 11) is 0. The largest absolute Gasteiger partial charge is 0.355 e. The van der Waals surface area contributed by atoms with Crippen LogP contribution in [0, 0.1) is 10.8 Å². The first kappa shape index (κ1) is 11.9. The number of hydrogen-bond donors (Lipinski definition) is 2. The molecule has 2 rings (SSSR count). The van der Waals surface area contributed by atoms with Gasteiger partial charge in [0.25, 0.3) is 0 Å². The van der Waals surface area contributed by atoms with E-state index in [9.17, 15) is 4.79 Å². The van der Waals surface area contributed by atoms with Gasteiger partial charge in [0.05, 0.1) is 5.41 Å². The maximum absolute atomic E-state index is 12.0. The predicted octanol–water partition coefficient (Wildman–Crippen LogP) is 1.81. The van der Waals surface area contributed by atoms with Gasteiger partial charge >= 0.3 is 0 Å². The molecule has 0 bridgehead atoms. The smallest absolute Gasteiger partial charge is 0.227 e. The molecule has 0 spiro atoms. The molecule has 0 heterocycles. The van der Waals surface area contributed by atoms with Crippen molar-refractivity contribution >= 4 is 5.91 Å². The monoisotopic (exact) mass is 224 g/mol. The number of carbonyl (C=O) groups is 1. The summed E-state index contributed by atoms with van der Waals surface area (Å²) in [6, 6.07) is 0. The maximum atomic E-state index is 12.0. The molecule has 0 aromatic carbocycles. The van der Waals surface area contributed by atoms with E-state index in [-0.39, 0.29) is 11.3 Å². The highest BCUT2D eigenvalue weighted by Gasteiger charge is 2.48. The average molecular weight is 224 g/mol. The van der Waals surface area contributed by atoms with E-state index in [1.165, 1.54) is 32.1 Å². The zero-order valence-corrected chi connectivity index (χ0v) is 10.3. The van der Waals surface area contributed by atoms with Gasteiger partial charge in [-0.2, -0.15) is 0 Å². The molecule has 3 N–H and O–H groups in total. The van der Waals surface area contributed by atoms with Crippen LogP contribution in [0.5, 0.6) is 0 Å². The zero-order valence-electron chi connectivity index (χ0n) is 10.3. The summed E-state index contributed by atoms with van der Waals surface area (Å²) in [5.74, 6) is 0.196. The van der Waals surface area contributed by atoms with Crippen molar-refractivity contribution in [2.45, 2.75) is 51.9 Å². The first-order valence-corrected chi connectivity index (χ1v) is 6.59. The minimum Gasteiger partial charge on any atom is -0.355 e. The van der Waals surface area contributed by atoms with Crippen LogP contribution in [0.25, 0.3) is 0 Å². The molecule has 2 aliphatic rings. The van der Waals surface area contributed by atoms with Gasteiger partial charge in [0, 0.05) is 13.1 Å². The number of hydrogen-bond acceptors (Lipinski definition) is 2. The number of amides is 1. The molecule has 3 nitrogen and oxygen atoms in total. The molecule has 0 saturated heterocycles. The molecule has 0 radical (unpaired) electrons. The van der Waals surface area contributed by atoms with Gasteiger partial charge in [0.15, 0.2) is 0 Å². The molecule has 92 valence electrons. The van der Waals surface area contributed by atoms with Gasteiger partial charge in [-0.3, -0.25) is 4.79 Å². The van der Waals surface area contributed by atoms with Crippen LogP contribution in [0.1, 0.15) is 51.9 Å². The highest BCUT2D eigenvalue weighted by Crippen LogP contribution is 2.45. The fourth-order valence-electron chi connectivity index (χ4n) is 2.74. The van der Waals surface area contributed by atoms with Crippen LogP contribution >= 0.6 is 0 Å². The minimum absolute atomic E-state index is 0.189. The van der Waals surface area contributed by atoms with Crippen molar-refractivity contribution in [3.05, 3.63) is 0 Å². The Balaban J connectivity index is 1.80. The Morgan fingerprint density at radius 2 is 1.81 bits per heavy atom. The second-order valence-corrected chi connectivity index (χ2v) is 6.04. The van der Waals surface area contributed by atoms with E-state index in [1.807, 2.05) is 0 Å². The Bertz CT molecular complexity index is 265. The predicted molar refractivity (Wildman–Crippen MR) is 64.9 cm³/mol. The fraction of sp³-hybridized carbons (Fsp3) is 0.923. The summed E-state index contributed by atoms with van der Waals surface area (Å²) in [4.78, 5) is 12.0. The lowest BCUT2D eigenvalue weighted by Gasteiger charge is -2.34. The summed E-state index contributed by atoms with van der Waals surface area (Å²) >= 11 is 0. The molecule has 1 amide bonds. The molecule has 2 aliphatic carbocycles. The van der Waals surface area contributed by atoms with Gasteiger partial charge in [-0.05, 0) is 31.1 Å². The van der Waals surface area contributed by atoms with Gasteiger partial charge in [-0.1, -0.05) is 26.2 Å². The van der Waals surface area contributed by atoms with E-state index in [0.717, 1.165) is 19.4 Å². The van der Waals surface area contributed by atoms with Crippen molar-refractivity contribution in [2.24, 2.45) is 16.6 Å².